The standard InChI is InChI=1S/C21H24N10O/c1-12(2)26-16-6-18(31-20-14(8-25-31)5-13(7-22)19(23)27-20)24-9-15(16)17-10-30(29-28-17)11-21(3,4)32/h5-6,8-10,12,32H,11H2,1-4H3,(H2,23,27)(H,24,26). The molecule has 0 radical (unpaired) electrons. The van der Waals surface area contributed by atoms with Crippen molar-refractivity contribution in [1.82, 2.24) is 34.7 Å². The number of hydrogen-bond acceptors (Lipinski definition) is 9. The molecule has 0 saturated heterocycles. The van der Waals surface area contributed by atoms with E-state index in [1.807, 2.05) is 26.0 Å². The Morgan fingerprint density at radius 1 is 1.28 bits per heavy atom. The van der Waals surface area contributed by atoms with Crippen LogP contribution < -0.4 is 11.1 Å². The molecule has 0 amide bonds. The van der Waals surface area contributed by atoms with Gasteiger partial charge in [0, 0.05) is 34.9 Å². The Bertz CT molecular complexity index is 1320. The molecule has 0 spiro atoms. The van der Waals surface area contributed by atoms with Gasteiger partial charge >= 0.3 is 0 Å². The lowest BCUT2D eigenvalue weighted by atomic mass is 10.1. The minimum absolute atomic E-state index is 0.141. The van der Waals surface area contributed by atoms with Gasteiger partial charge in [0.1, 0.15) is 17.6 Å². The van der Waals surface area contributed by atoms with Gasteiger partial charge in [0.2, 0.25) is 0 Å². The van der Waals surface area contributed by atoms with Gasteiger partial charge in [0.15, 0.2) is 11.5 Å². The lowest BCUT2D eigenvalue weighted by molar-refractivity contribution is 0.0571. The number of nitrogens with two attached hydrogens (primary N) is 1. The Hall–Kier alpha value is -4.04. The summed E-state index contributed by atoms with van der Waals surface area (Å²) >= 11 is 0. The highest BCUT2D eigenvalue weighted by Gasteiger charge is 2.18. The molecule has 0 aromatic carbocycles. The summed E-state index contributed by atoms with van der Waals surface area (Å²) in [6, 6.07) is 5.69. The van der Waals surface area contributed by atoms with Crippen LogP contribution >= 0.6 is 0 Å². The van der Waals surface area contributed by atoms with Gasteiger partial charge in [0.05, 0.1) is 30.1 Å². The largest absolute Gasteiger partial charge is 0.389 e. The van der Waals surface area contributed by atoms with E-state index < -0.39 is 5.60 Å². The number of nitrogens with one attached hydrogen (secondary N) is 1. The number of aromatic nitrogens is 7. The average Bonchev–Trinajstić information content (AvgIpc) is 3.32. The van der Waals surface area contributed by atoms with Gasteiger partial charge in [-0.3, -0.25) is 0 Å². The average molecular weight is 432 g/mol. The molecule has 0 aliphatic carbocycles. The maximum atomic E-state index is 10.0. The molecule has 4 N–H and O–H groups in total. The number of rotatable bonds is 6. The van der Waals surface area contributed by atoms with Gasteiger partial charge in [0.25, 0.3) is 0 Å². The number of anilines is 2. The Balaban J connectivity index is 1.78. The van der Waals surface area contributed by atoms with Crippen molar-refractivity contribution < 1.29 is 5.11 Å². The number of nitriles is 1. The van der Waals surface area contributed by atoms with Crippen LogP contribution in [-0.2, 0) is 6.54 Å². The molecule has 4 aromatic heterocycles. The molecule has 0 aliphatic rings. The molecule has 0 unspecified atom stereocenters. The van der Waals surface area contributed by atoms with Gasteiger partial charge in [-0.05, 0) is 33.8 Å². The summed E-state index contributed by atoms with van der Waals surface area (Å²) in [5.41, 5.74) is 7.99. The minimum Gasteiger partial charge on any atom is -0.389 e. The topological polar surface area (TPSA) is 156 Å². The van der Waals surface area contributed by atoms with Crippen LogP contribution in [0, 0.1) is 11.3 Å². The van der Waals surface area contributed by atoms with Crippen LogP contribution in [0.3, 0.4) is 0 Å². The fourth-order valence-electron chi connectivity index (χ4n) is 3.32. The van der Waals surface area contributed by atoms with Crippen molar-refractivity contribution in [3.05, 3.63) is 36.3 Å². The molecule has 11 heteroatoms. The second-order valence-corrected chi connectivity index (χ2v) is 8.50. The molecule has 0 fully saturated rings. The van der Waals surface area contributed by atoms with Crippen LogP contribution in [0.5, 0.6) is 0 Å². The minimum atomic E-state index is -0.909. The summed E-state index contributed by atoms with van der Waals surface area (Å²) in [5, 5.41) is 36.1. The first-order valence-corrected chi connectivity index (χ1v) is 10.1. The molecule has 0 atom stereocenters. The predicted molar refractivity (Wildman–Crippen MR) is 120 cm³/mol. The normalized spacial score (nSPS) is 11.8. The highest BCUT2D eigenvalue weighted by Crippen LogP contribution is 2.29. The summed E-state index contributed by atoms with van der Waals surface area (Å²) in [5.74, 6) is 0.676. The number of fused-ring (bicyclic) bond motifs is 1. The van der Waals surface area contributed by atoms with Crippen LogP contribution in [0.4, 0.5) is 11.5 Å². The number of nitrogens with zero attached hydrogens (tertiary/aromatic N) is 8. The van der Waals surface area contributed by atoms with Crippen molar-refractivity contribution in [3.63, 3.8) is 0 Å². The van der Waals surface area contributed by atoms with E-state index in [2.05, 4.69) is 30.7 Å². The van der Waals surface area contributed by atoms with E-state index in [0.717, 1.165) is 11.3 Å². The molecule has 11 nitrogen and oxygen atoms in total. The Labute approximate surface area is 184 Å². The molecule has 4 aromatic rings. The smallest absolute Gasteiger partial charge is 0.167 e. The lowest BCUT2D eigenvalue weighted by Crippen LogP contribution is -2.26. The fourth-order valence-corrected chi connectivity index (χ4v) is 3.32. The van der Waals surface area contributed by atoms with E-state index in [1.54, 1.807) is 47.9 Å². The second-order valence-electron chi connectivity index (χ2n) is 8.50. The monoisotopic (exact) mass is 432 g/mol. The summed E-state index contributed by atoms with van der Waals surface area (Å²) in [6.45, 7) is 7.81. The zero-order chi connectivity index (χ0) is 23.0. The molecule has 4 rings (SSSR count). The first-order valence-electron chi connectivity index (χ1n) is 10.1. The third kappa shape index (κ3) is 4.21. The quantitative estimate of drug-likeness (QED) is 0.415. The number of aliphatic hydroxyl groups is 1. The molecular weight excluding hydrogens is 408 g/mol. The zero-order valence-corrected chi connectivity index (χ0v) is 18.3. The molecule has 4 heterocycles. The SMILES string of the molecule is CC(C)Nc1cc(-n2ncc3cc(C#N)c(N)nc32)ncc1-c1cn(CC(C)(C)O)nn1. The highest BCUT2D eigenvalue weighted by atomic mass is 16.3. The molecule has 32 heavy (non-hydrogen) atoms. The van der Waals surface area contributed by atoms with Crippen molar-refractivity contribution in [2.24, 2.45) is 0 Å². The third-order valence-electron chi connectivity index (χ3n) is 4.61. The Morgan fingerprint density at radius 3 is 2.75 bits per heavy atom. The molecular formula is C21H24N10O. The van der Waals surface area contributed by atoms with Gasteiger partial charge in [-0.2, -0.15) is 15.0 Å². The van der Waals surface area contributed by atoms with Crippen LogP contribution in [0.25, 0.3) is 28.1 Å². The van der Waals surface area contributed by atoms with Gasteiger partial charge in [-0.25, -0.2) is 14.6 Å². The second kappa shape index (κ2) is 7.90. The summed E-state index contributed by atoms with van der Waals surface area (Å²) in [6.07, 6.45) is 5.09. The lowest BCUT2D eigenvalue weighted by Gasteiger charge is -2.16. The number of pyridine rings is 2. The van der Waals surface area contributed by atoms with Gasteiger partial charge in [-0.15, -0.1) is 5.10 Å². The highest BCUT2D eigenvalue weighted by molar-refractivity contribution is 5.81. The van der Waals surface area contributed by atoms with E-state index >= 15 is 0 Å². The van der Waals surface area contributed by atoms with E-state index in [-0.39, 0.29) is 11.9 Å². The van der Waals surface area contributed by atoms with E-state index in [0.29, 0.717) is 34.7 Å². The maximum Gasteiger partial charge on any atom is 0.167 e. The first kappa shape index (κ1) is 21.2. The first-order chi connectivity index (χ1) is 15.1. The predicted octanol–water partition coefficient (Wildman–Crippen LogP) is 2.12. The summed E-state index contributed by atoms with van der Waals surface area (Å²) in [4.78, 5) is 8.90. The van der Waals surface area contributed by atoms with Crippen molar-refractivity contribution >= 4 is 22.5 Å². The fraction of sp³-hybridized carbons (Fsp3) is 0.333. The molecule has 0 bridgehead atoms. The number of hydrogen-bond donors (Lipinski definition) is 3. The van der Waals surface area contributed by atoms with Crippen molar-refractivity contribution in [1.29, 1.82) is 5.26 Å². The zero-order valence-electron chi connectivity index (χ0n) is 18.3. The molecule has 0 saturated carbocycles. The number of nitrogen functional groups attached to an aromatic ring is 1. The van der Waals surface area contributed by atoms with Crippen molar-refractivity contribution in [2.75, 3.05) is 11.1 Å². The van der Waals surface area contributed by atoms with E-state index in [1.165, 1.54) is 0 Å². The van der Waals surface area contributed by atoms with Crippen LogP contribution in [-0.4, -0.2) is 51.5 Å². The maximum absolute atomic E-state index is 10.0. The van der Waals surface area contributed by atoms with Gasteiger partial charge in [-0.1, -0.05) is 5.21 Å². The van der Waals surface area contributed by atoms with E-state index in [9.17, 15) is 10.4 Å². The summed E-state index contributed by atoms with van der Waals surface area (Å²) < 4.78 is 3.18. The Morgan fingerprint density at radius 2 is 2.06 bits per heavy atom. The van der Waals surface area contributed by atoms with Crippen molar-refractivity contribution in [3.8, 4) is 23.1 Å². The third-order valence-corrected chi connectivity index (χ3v) is 4.61. The summed E-state index contributed by atoms with van der Waals surface area (Å²) in [7, 11) is 0. The van der Waals surface area contributed by atoms with Crippen LogP contribution in [0.1, 0.15) is 33.3 Å². The van der Waals surface area contributed by atoms with Crippen LogP contribution in [0.15, 0.2) is 30.7 Å². The molecule has 164 valence electrons. The van der Waals surface area contributed by atoms with Crippen LogP contribution in [0.2, 0.25) is 0 Å². The van der Waals surface area contributed by atoms with E-state index in [4.69, 9.17) is 5.73 Å². The molecule has 0 aliphatic heterocycles. The van der Waals surface area contributed by atoms with Crippen molar-refractivity contribution in [2.45, 2.75) is 45.9 Å². The Kier molecular flexibility index (Phi) is 5.23. The van der Waals surface area contributed by atoms with Gasteiger partial charge < -0.3 is 16.2 Å².